The molecular weight excluding hydrogens is 242 g/mol. The zero-order valence-electron chi connectivity index (χ0n) is 12.3. The number of nitrogens with zero attached hydrogens (tertiary/aromatic N) is 1. The van der Waals surface area contributed by atoms with E-state index in [-0.39, 0.29) is 5.97 Å². The summed E-state index contributed by atoms with van der Waals surface area (Å²) in [6.45, 7) is 8.76. The SMILES string of the molecule is C[C@H]1CC[C@@H](COC(=O)CN2CCOCC2)[C@@H](C)C1. The Labute approximate surface area is 116 Å². The lowest BCUT2D eigenvalue weighted by atomic mass is 9.76. The topological polar surface area (TPSA) is 38.8 Å². The molecule has 110 valence electrons. The minimum atomic E-state index is -0.0762. The van der Waals surface area contributed by atoms with E-state index in [1.807, 2.05) is 0 Å². The van der Waals surface area contributed by atoms with Gasteiger partial charge >= 0.3 is 5.97 Å². The number of rotatable bonds is 4. The van der Waals surface area contributed by atoms with Crippen LogP contribution in [-0.4, -0.2) is 50.3 Å². The van der Waals surface area contributed by atoms with Gasteiger partial charge in [0.25, 0.3) is 0 Å². The van der Waals surface area contributed by atoms with Gasteiger partial charge in [-0.1, -0.05) is 20.3 Å². The molecule has 0 aromatic carbocycles. The Morgan fingerprint density at radius 2 is 2.00 bits per heavy atom. The van der Waals surface area contributed by atoms with Crippen LogP contribution in [0.4, 0.5) is 0 Å². The van der Waals surface area contributed by atoms with Crippen molar-refractivity contribution in [3.63, 3.8) is 0 Å². The number of carbonyl (C=O) groups excluding carboxylic acids is 1. The Morgan fingerprint density at radius 3 is 2.68 bits per heavy atom. The molecule has 1 heterocycles. The number of morpholine rings is 1. The number of hydrogen-bond donors (Lipinski definition) is 0. The van der Waals surface area contributed by atoms with Crippen molar-refractivity contribution in [2.45, 2.75) is 33.1 Å². The van der Waals surface area contributed by atoms with Crippen molar-refractivity contribution in [1.82, 2.24) is 4.90 Å². The molecule has 1 aliphatic carbocycles. The molecule has 2 fully saturated rings. The van der Waals surface area contributed by atoms with E-state index in [1.54, 1.807) is 0 Å². The van der Waals surface area contributed by atoms with E-state index in [1.165, 1.54) is 19.3 Å². The maximum absolute atomic E-state index is 11.8. The third-order valence-corrected chi connectivity index (χ3v) is 4.52. The van der Waals surface area contributed by atoms with Gasteiger partial charge in [-0.3, -0.25) is 9.69 Å². The molecular formula is C15H27NO3. The lowest BCUT2D eigenvalue weighted by Crippen LogP contribution is -2.40. The van der Waals surface area contributed by atoms with Crippen molar-refractivity contribution in [2.75, 3.05) is 39.5 Å². The summed E-state index contributed by atoms with van der Waals surface area (Å²) in [6, 6.07) is 0. The van der Waals surface area contributed by atoms with Crippen LogP contribution in [0.2, 0.25) is 0 Å². The zero-order valence-corrected chi connectivity index (χ0v) is 12.3. The van der Waals surface area contributed by atoms with Crippen LogP contribution in [-0.2, 0) is 14.3 Å². The van der Waals surface area contributed by atoms with Gasteiger partial charge in [0, 0.05) is 13.1 Å². The van der Waals surface area contributed by atoms with Crippen LogP contribution in [0.5, 0.6) is 0 Å². The second-order valence-corrected chi connectivity index (χ2v) is 6.23. The van der Waals surface area contributed by atoms with Gasteiger partial charge in [-0.2, -0.15) is 0 Å². The largest absolute Gasteiger partial charge is 0.464 e. The van der Waals surface area contributed by atoms with Crippen LogP contribution < -0.4 is 0 Å². The number of hydrogen-bond acceptors (Lipinski definition) is 4. The molecule has 0 aromatic heterocycles. The fourth-order valence-corrected chi connectivity index (χ4v) is 3.16. The molecule has 19 heavy (non-hydrogen) atoms. The number of esters is 1. The van der Waals surface area contributed by atoms with Crippen LogP contribution in [0.1, 0.15) is 33.1 Å². The standard InChI is InChI=1S/C15H27NO3/c1-12-3-4-14(13(2)9-12)11-19-15(17)10-16-5-7-18-8-6-16/h12-14H,3-11H2,1-2H3/t12-,13-,14-/m0/s1. The predicted molar refractivity (Wildman–Crippen MR) is 73.9 cm³/mol. The van der Waals surface area contributed by atoms with Crippen molar-refractivity contribution < 1.29 is 14.3 Å². The molecule has 0 aromatic rings. The fourth-order valence-electron chi connectivity index (χ4n) is 3.16. The molecule has 0 spiro atoms. The maximum atomic E-state index is 11.8. The fraction of sp³-hybridized carbons (Fsp3) is 0.933. The van der Waals surface area contributed by atoms with Gasteiger partial charge in [0.2, 0.25) is 0 Å². The first-order chi connectivity index (χ1) is 9.15. The molecule has 0 amide bonds. The molecule has 0 N–H and O–H groups in total. The normalized spacial score (nSPS) is 33.1. The van der Waals surface area contributed by atoms with Crippen LogP contribution in [0.3, 0.4) is 0 Å². The highest BCUT2D eigenvalue weighted by atomic mass is 16.5. The summed E-state index contributed by atoms with van der Waals surface area (Å²) in [4.78, 5) is 13.9. The Hall–Kier alpha value is -0.610. The molecule has 2 aliphatic rings. The molecule has 2 rings (SSSR count). The molecule has 3 atom stereocenters. The lowest BCUT2D eigenvalue weighted by molar-refractivity contribution is -0.148. The van der Waals surface area contributed by atoms with Crippen molar-refractivity contribution in [3.05, 3.63) is 0 Å². The molecule has 0 bridgehead atoms. The number of carbonyl (C=O) groups is 1. The van der Waals surface area contributed by atoms with E-state index < -0.39 is 0 Å². The third kappa shape index (κ3) is 4.77. The minimum Gasteiger partial charge on any atom is -0.464 e. The Bertz CT molecular complexity index is 289. The average molecular weight is 269 g/mol. The van der Waals surface area contributed by atoms with Crippen LogP contribution in [0, 0.1) is 17.8 Å². The van der Waals surface area contributed by atoms with E-state index in [4.69, 9.17) is 9.47 Å². The van der Waals surface area contributed by atoms with Gasteiger partial charge in [-0.15, -0.1) is 0 Å². The molecule has 4 heteroatoms. The molecule has 4 nitrogen and oxygen atoms in total. The van der Waals surface area contributed by atoms with Gasteiger partial charge < -0.3 is 9.47 Å². The quantitative estimate of drug-likeness (QED) is 0.731. The Balaban J connectivity index is 1.65. The summed E-state index contributed by atoms with van der Waals surface area (Å²) >= 11 is 0. The third-order valence-electron chi connectivity index (χ3n) is 4.52. The summed E-state index contributed by atoms with van der Waals surface area (Å²) in [5.41, 5.74) is 0. The summed E-state index contributed by atoms with van der Waals surface area (Å²) in [6.07, 6.45) is 3.74. The second kappa shape index (κ2) is 7.25. The summed E-state index contributed by atoms with van der Waals surface area (Å²) < 4.78 is 10.7. The molecule has 0 unspecified atom stereocenters. The van der Waals surface area contributed by atoms with Crippen molar-refractivity contribution in [3.8, 4) is 0 Å². The Kier molecular flexibility index (Phi) is 5.64. The highest BCUT2D eigenvalue weighted by molar-refractivity contribution is 5.71. The van der Waals surface area contributed by atoms with Crippen LogP contribution in [0.15, 0.2) is 0 Å². The first-order valence-corrected chi connectivity index (χ1v) is 7.61. The van der Waals surface area contributed by atoms with Gasteiger partial charge in [0.05, 0.1) is 26.4 Å². The molecule has 0 radical (unpaired) electrons. The van der Waals surface area contributed by atoms with Gasteiger partial charge in [0.15, 0.2) is 0 Å². The van der Waals surface area contributed by atoms with E-state index in [0.717, 1.165) is 32.2 Å². The summed E-state index contributed by atoms with van der Waals surface area (Å²) in [7, 11) is 0. The summed E-state index contributed by atoms with van der Waals surface area (Å²) in [5.74, 6) is 1.99. The highest BCUT2D eigenvalue weighted by Gasteiger charge is 2.26. The first-order valence-electron chi connectivity index (χ1n) is 7.61. The van der Waals surface area contributed by atoms with E-state index in [9.17, 15) is 4.79 Å². The average Bonchev–Trinajstić information content (AvgIpc) is 2.39. The monoisotopic (exact) mass is 269 g/mol. The van der Waals surface area contributed by atoms with Crippen molar-refractivity contribution in [2.24, 2.45) is 17.8 Å². The van der Waals surface area contributed by atoms with Crippen molar-refractivity contribution in [1.29, 1.82) is 0 Å². The zero-order chi connectivity index (χ0) is 13.7. The first kappa shape index (κ1) is 14.8. The summed E-state index contributed by atoms with van der Waals surface area (Å²) in [5, 5.41) is 0. The maximum Gasteiger partial charge on any atom is 0.320 e. The molecule has 1 aliphatic heterocycles. The second-order valence-electron chi connectivity index (χ2n) is 6.23. The van der Waals surface area contributed by atoms with Gasteiger partial charge in [-0.05, 0) is 30.6 Å². The van der Waals surface area contributed by atoms with E-state index >= 15 is 0 Å². The van der Waals surface area contributed by atoms with Crippen molar-refractivity contribution >= 4 is 5.97 Å². The predicted octanol–water partition coefficient (Wildman–Crippen LogP) is 1.93. The van der Waals surface area contributed by atoms with Gasteiger partial charge in [-0.25, -0.2) is 0 Å². The smallest absolute Gasteiger partial charge is 0.320 e. The lowest BCUT2D eigenvalue weighted by Gasteiger charge is -2.32. The van der Waals surface area contributed by atoms with Crippen LogP contribution in [0.25, 0.3) is 0 Å². The minimum absolute atomic E-state index is 0.0762. The molecule has 1 saturated carbocycles. The Morgan fingerprint density at radius 1 is 1.26 bits per heavy atom. The number of ether oxygens (including phenoxy) is 2. The molecule has 1 saturated heterocycles. The van der Waals surface area contributed by atoms with E-state index in [2.05, 4.69) is 18.7 Å². The van der Waals surface area contributed by atoms with Gasteiger partial charge in [0.1, 0.15) is 0 Å². The van der Waals surface area contributed by atoms with E-state index in [0.29, 0.717) is 25.0 Å². The van der Waals surface area contributed by atoms with Crippen LogP contribution >= 0.6 is 0 Å². The highest BCUT2D eigenvalue weighted by Crippen LogP contribution is 2.33.